The zero-order chi connectivity index (χ0) is 13.1. The van der Waals surface area contributed by atoms with Crippen LogP contribution in [0.1, 0.15) is 24.8 Å². The lowest BCUT2D eigenvalue weighted by atomic mass is 10.2. The molecule has 0 heterocycles. The highest BCUT2D eigenvalue weighted by Crippen LogP contribution is 2.25. The molecule has 0 spiro atoms. The number of benzene rings is 1. The maximum Gasteiger partial charge on any atom is 0.275 e. The predicted octanol–water partition coefficient (Wildman–Crippen LogP) is 2.13. The molecule has 0 bridgehead atoms. The maximum atomic E-state index is 13.1. The Balaban J connectivity index is 2.04. The molecule has 1 saturated carbocycles. The number of nitro groups is 1. The van der Waals surface area contributed by atoms with Crippen LogP contribution in [0.2, 0.25) is 0 Å². The second-order valence-electron chi connectivity index (χ2n) is 4.54. The minimum absolute atomic E-state index is 0.0165. The first kappa shape index (κ1) is 12.9. The second-order valence-corrected chi connectivity index (χ2v) is 4.54. The Kier molecular flexibility index (Phi) is 3.88. The molecule has 18 heavy (non-hydrogen) atoms. The SMILES string of the molecule is NC1CCC(OCc2cc(F)ccc2[N+](=O)[O-])C1. The van der Waals surface area contributed by atoms with Gasteiger partial charge < -0.3 is 10.5 Å². The molecule has 0 amide bonds. The Morgan fingerprint density at radius 3 is 2.89 bits per heavy atom. The molecule has 0 aromatic heterocycles. The summed E-state index contributed by atoms with van der Waals surface area (Å²) in [6.07, 6.45) is 2.52. The van der Waals surface area contributed by atoms with Gasteiger partial charge in [0, 0.05) is 12.1 Å². The van der Waals surface area contributed by atoms with Crippen molar-refractivity contribution in [3.63, 3.8) is 0 Å². The van der Waals surface area contributed by atoms with Crippen molar-refractivity contribution in [2.75, 3.05) is 0 Å². The third-order valence-electron chi connectivity index (χ3n) is 3.14. The van der Waals surface area contributed by atoms with Gasteiger partial charge in [-0.25, -0.2) is 4.39 Å². The van der Waals surface area contributed by atoms with Crippen molar-refractivity contribution >= 4 is 5.69 Å². The molecule has 5 nitrogen and oxygen atoms in total. The van der Waals surface area contributed by atoms with Crippen LogP contribution < -0.4 is 5.73 Å². The molecule has 1 aliphatic rings. The van der Waals surface area contributed by atoms with Crippen LogP contribution in [0.5, 0.6) is 0 Å². The van der Waals surface area contributed by atoms with E-state index in [0.29, 0.717) is 0 Å². The van der Waals surface area contributed by atoms with Crippen LogP contribution in [0.3, 0.4) is 0 Å². The molecular weight excluding hydrogens is 239 g/mol. The van der Waals surface area contributed by atoms with E-state index >= 15 is 0 Å². The van der Waals surface area contributed by atoms with Gasteiger partial charge in [-0.1, -0.05) is 0 Å². The van der Waals surface area contributed by atoms with Crippen molar-refractivity contribution in [3.05, 3.63) is 39.7 Å². The average Bonchev–Trinajstić information content (AvgIpc) is 2.72. The second kappa shape index (κ2) is 5.41. The van der Waals surface area contributed by atoms with Crippen molar-refractivity contribution in [1.82, 2.24) is 0 Å². The van der Waals surface area contributed by atoms with E-state index in [2.05, 4.69) is 0 Å². The van der Waals surface area contributed by atoms with Crippen LogP contribution in [0.4, 0.5) is 10.1 Å². The fraction of sp³-hybridized carbons (Fsp3) is 0.500. The molecule has 2 unspecified atom stereocenters. The molecule has 1 aromatic rings. The summed E-state index contributed by atoms with van der Waals surface area (Å²) in [5.41, 5.74) is 5.90. The molecule has 1 fully saturated rings. The zero-order valence-electron chi connectivity index (χ0n) is 9.84. The summed E-state index contributed by atoms with van der Waals surface area (Å²) in [6.45, 7) is 0.0471. The maximum absolute atomic E-state index is 13.1. The van der Waals surface area contributed by atoms with Crippen molar-refractivity contribution in [2.24, 2.45) is 5.73 Å². The topological polar surface area (TPSA) is 78.4 Å². The van der Waals surface area contributed by atoms with Gasteiger partial charge in [-0.15, -0.1) is 0 Å². The van der Waals surface area contributed by atoms with E-state index in [1.807, 2.05) is 0 Å². The molecule has 2 rings (SSSR count). The lowest BCUT2D eigenvalue weighted by Gasteiger charge is -2.11. The Hall–Kier alpha value is -1.53. The van der Waals surface area contributed by atoms with Gasteiger partial charge in [0.05, 0.1) is 23.2 Å². The molecule has 1 aliphatic carbocycles. The van der Waals surface area contributed by atoms with Crippen LogP contribution in [0.25, 0.3) is 0 Å². The van der Waals surface area contributed by atoms with Crippen LogP contribution >= 0.6 is 0 Å². The molecule has 0 saturated heterocycles. The lowest BCUT2D eigenvalue weighted by Crippen LogP contribution is -2.17. The van der Waals surface area contributed by atoms with Gasteiger partial charge in [0.1, 0.15) is 5.82 Å². The van der Waals surface area contributed by atoms with Gasteiger partial charge in [-0.2, -0.15) is 0 Å². The molecule has 6 heteroatoms. The summed E-state index contributed by atoms with van der Waals surface area (Å²) in [6, 6.07) is 3.52. The molecule has 0 aliphatic heterocycles. The normalized spacial score (nSPS) is 23.2. The van der Waals surface area contributed by atoms with Crippen LogP contribution in [0, 0.1) is 15.9 Å². The predicted molar refractivity (Wildman–Crippen MR) is 63.5 cm³/mol. The fourth-order valence-electron chi connectivity index (χ4n) is 2.18. The van der Waals surface area contributed by atoms with Gasteiger partial charge in [-0.05, 0) is 31.4 Å². The van der Waals surface area contributed by atoms with Crippen molar-refractivity contribution in [1.29, 1.82) is 0 Å². The highest BCUT2D eigenvalue weighted by atomic mass is 19.1. The summed E-state index contributed by atoms with van der Waals surface area (Å²) in [4.78, 5) is 10.3. The number of hydrogen-bond acceptors (Lipinski definition) is 4. The number of hydrogen-bond donors (Lipinski definition) is 1. The summed E-state index contributed by atoms with van der Waals surface area (Å²) in [5, 5.41) is 10.8. The number of nitro benzene ring substituents is 1. The van der Waals surface area contributed by atoms with Crippen molar-refractivity contribution in [3.8, 4) is 0 Å². The Bertz CT molecular complexity index is 453. The summed E-state index contributed by atoms with van der Waals surface area (Å²) >= 11 is 0. The number of rotatable bonds is 4. The quantitative estimate of drug-likeness (QED) is 0.659. The first-order chi connectivity index (χ1) is 8.56. The van der Waals surface area contributed by atoms with Crippen LogP contribution in [0.15, 0.2) is 18.2 Å². The number of halogens is 1. The summed E-state index contributed by atoms with van der Waals surface area (Å²) < 4.78 is 18.6. The van der Waals surface area contributed by atoms with E-state index in [-0.39, 0.29) is 30.0 Å². The van der Waals surface area contributed by atoms with E-state index < -0.39 is 10.7 Å². The number of nitrogens with two attached hydrogens (primary N) is 1. The smallest absolute Gasteiger partial charge is 0.275 e. The first-order valence-electron chi connectivity index (χ1n) is 5.86. The number of nitrogens with zero attached hydrogens (tertiary/aromatic N) is 1. The average molecular weight is 254 g/mol. The standard InChI is InChI=1S/C12H15FN2O3/c13-9-1-4-12(15(16)17)8(5-9)7-18-11-3-2-10(14)6-11/h1,4-5,10-11H,2-3,6-7,14H2. The molecule has 1 aromatic carbocycles. The fourth-order valence-corrected chi connectivity index (χ4v) is 2.18. The Morgan fingerprint density at radius 1 is 1.50 bits per heavy atom. The zero-order valence-corrected chi connectivity index (χ0v) is 9.84. The molecule has 2 N–H and O–H groups in total. The molecule has 0 radical (unpaired) electrons. The Labute approximate surface area is 104 Å². The summed E-state index contributed by atoms with van der Waals surface area (Å²) in [5.74, 6) is -0.498. The minimum Gasteiger partial charge on any atom is -0.373 e. The van der Waals surface area contributed by atoms with Crippen molar-refractivity contribution < 1.29 is 14.1 Å². The van der Waals surface area contributed by atoms with Crippen LogP contribution in [-0.4, -0.2) is 17.1 Å². The highest BCUT2D eigenvalue weighted by molar-refractivity contribution is 5.39. The van der Waals surface area contributed by atoms with Gasteiger partial charge in [0.2, 0.25) is 0 Å². The van der Waals surface area contributed by atoms with Gasteiger partial charge in [0.15, 0.2) is 0 Å². The number of ether oxygens (including phenoxy) is 1. The highest BCUT2D eigenvalue weighted by Gasteiger charge is 2.23. The van der Waals surface area contributed by atoms with E-state index in [1.54, 1.807) is 0 Å². The lowest BCUT2D eigenvalue weighted by molar-refractivity contribution is -0.386. The van der Waals surface area contributed by atoms with Crippen molar-refractivity contribution in [2.45, 2.75) is 38.0 Å². The van der Waals surface area contributed by atoms with E-state index in [1.165, 1.54) is 0 Å². The van der Waals surface area contributed by atoms with E-state index in [0.717, 1.165) is 37.5 Å². The van der Waals surface area contributed by atoms with E-state index in [4.69, 9.17) is 10.5 Å². The third-order valence-corrected chi connectivity index (χ3v) is 3.14. The summed E-state index contributed by atoms with van der Waals surface area (Å²) in [7, 11) is 0. The molecule has 98 valence electrons. The molecular formula is C12H15FN2O3. The largest absolute Gasteiger partial charge is 0.373 e. The van der Waals surface area contributed by atoms with E-state index in [9.17, 15) is 14.5 Å². The minimum atomic E-state index is -0.529. The first-order valence-corrected chi connectivity index (χ1v) is 5.86. The van der Waals surface area contributed by atoms with Crippen LogP contribution in [-0.2, 0) is 11.3 Å². The van der Waals surface area contributed by atoms with Gasteiger partial charge >= 0.3 is 0 Å². The third kappa shape index (κ3) is 3.02. The Morgan fingerprint density at radius 2 is 2.28 bits per heavy atom. The monoisotopic (exact) mass is 254 g/mol. The van der Waals surface area contributed by atoms with Gasteiger partial charge in [-0.3, -0.25) is 10.1 Å². The van der Waals surface area contributed by atoms with Gasteiger partial charge in [0.25, 0.3) is 5.69 Å². The molecule has 2 atom stereocenters.